The SMILES string of the molecule is O=C1Nc2ncccc2C12Cc1cc(I)c([N+](=O)[O-])cc1C2. The number of halogens is 1. The first-order valence-electron chi connectivity index (χ1n) is 6.74. The van der Waals surface area contributed by atoms with Gasteiger partial charge < -0.3 is 5.32 Å². The van der Waals surface area contributed by atoms with E-state index in [0.717, 1.165) is 16.7 Å². The van der Waals surface area contributed by atoms with Crippen molar-refractivity contribution < 1.29 is 9.72 Å². The van der Waals surface area contributed by atoms with Crippen LogP contribution in [0, 0.1) is 13.7 Å². The molecule has 2 heterocycles. The molecule has 1 spiro atoms. The Morgan fingerprint density at radius 1 is 1.32 bits per heavy atom. The number of anilines is 1. The summed E-state index contributed by atoms with van der Waals surface area (Å²) in [7, 11) is 0. The maximum absolute atomic E-state index is 12.5. The van der Waals surface area contributed by atoms with E-state index in [0.29, 0.717) is 22.2 Å². The van der Waals surface area contributed by atoms with Gasteiger partial charge in [0.25, 0.3) is 5.69 Å². The molecular formula is C15H10IN3O3. The van der Waals surface area contributed by atoms with Gasteiger partial charge in [0, 0.05) is 17.8 Å². The summed E-state index contributed by atoms with van der Waals surface area (Å²) in [4.78, 5) is 27.5. The van der Waals surface area contributed by atoms with Crippen molar-refractivity contribution in [2.24, 2.45) is 0 Å². The molecule has 0 saturated carbocycles. The van der Waals surface area contributed by atoms with Gasteiger partial charge in [0.15, 0.2) is 0 Å². The highest BCUT2D eigenvalue weighted by molar-refractivity contribution is 14.1. The van der Waals surface area contributed by atoms with Crippen molar-refractivity contribution in [3.05, 3.63) is 60.8 Å². The Morgan fingerprint density at radius 3 is 2.77 bits per heavy atom. The third kappa shape index (κ3) is 1.71. The van der Waals surface area contributed by atoms with E-state index < -0.39 is 5.41 Å². The normalized spacial score (nSPS) is 21.6. The summed E-state index contributed by atoms with van der Waals surface area (Å²) in [6.07, 6.45) is 2.68. The van der Waals surface area contributed by atoms with Gasteiger partial charge in [-0.2, -0.15) is 0 Å². The minimum Gasteiger partial charge on any atom is -0.310 e. The van der Waals surface area contributed by atoms with Gasteiger partial charge in [-0.15, -0.1) is 0 Å². The molecule has 1 aliphatic carbocycles. The van der Waals surface area contributed by atoms with Gasteiger partial charge >= 0.3 is 0 Å². The Labute approximate surface area is 139 Å². The first-order chi connectivity index (χ1) is 10.5. The number of amides is 1. The van der Waals surface area contributed by atoms with Crippen molar-refractivity contribution in [1.82, 2.24) is 4.98 Å². The largest absolute Gasteiger partial charge is 0.310 e. The Morgan fingerprint density at radius 2 is 2.05 bits per heavy atom. The third-order valence-corrected chi connectivity index (χ3v) is 5.30. The molecule has 1 atom stereocenters. The van der Waals surface area contributed by atoms with Crippen molar-refractivity contribution >= 4 is 40.0 Å². The van der Waals surface area contributed by atoms with Crippen LogP contribution in [0.5, 0.6) is 0 Å². The number of nitrogens with one attached hydrogen (secondary N) is 1. The van der Waals surface area contributed by atoms with Crippen LogP contribution in [0.15, 0.2) is 30.5 Å². The maximum Gasteiger partial charge on any atom is 0.282 e. The molecule has 0 radical (unpaired) electrons. The van der Waals surface area contributed by atoms with Crippen LogP contribution in [-0.4, -0.2) is 15.8 Å². The lowest BCUT2D eigenvalue weighted by atomic mass is 9.79. The summed E-state index contributed by atoms with van der Waals surface area (Å²) < 4.78 is 0.600. The topological polar surface area (TPSA) is 85.1 Å². The molecule has 1 N–H and O–H groups in total. The summed E-state index contributed by atoms with van der Waals surface area (Å²) in [6.45, 7) is 0. The lowest BCUT2D eigenvalue weighted by Crippen LogP contribution is -2.35. The van der Waals surface area contributed by atoms with E-state index in [1.165, 1.54) is 0 Å². The molecule has 0 saturated heterocycles. The number of fused-ring (bicyclic) bond motifs is 3. The molecule has 110 valence electrons. The Hall–Kier alpha value is -2.03. The number of carbonyl (C=O) groups is 1. The number of benzene rings is 1. The minimum absolute atomic E-state index is 0.0740. The zero-order valence-corrected chi connectivity index (χ0v) is 13.5. The summed E-state index contributed by atoms with van der Waals surface area (Å²) in [5.74, 6) is 0.527. The second-order valence-electron chi connectivity index (χ2n) is 5.62. The van der Waals surface area contributed by atoms with E-state index in [4.69, 9.17) is 0 Å². The minimum atomic E-state index is -0.676. The number of carbonyl (C=O) groups excluding carboxylic acids is 1. The Kier molecular flexibility index (Phi) is 2.77. The lowest BCUT2D eigenvalue weighted by molar-refractivity contribution is -0.385. The van der Waals surface area contributed by atoms with Crippen LogP contribution in [0.1, 0.15) is 16.7 Å². The van der Waals surface area contributed by atoms with Gasteiger partial charge in [0.1, 0.15) is 5.82 Å². The fourth-order valence-corrected chi connectivity index (χ4v) is 4.15. The van der Waals surface area contributed by atoms with E-state index in [9.17, 15) is 14.9 Å². The van der Waals surface area contributed by atoms with Crippen molar-refractivity contribution in [1.29, 1.82) is 0 Å². The molecule has 1 aliphatic heterocycles. The highest BCUT2D eigenvalue weighted by Gasteiger charge is 2.51. The summed E-state index contributed by atoms with van der Waals surface area (Å²) in [5, 5.41) is 13.9. The molecule has 0 bridgehead atoms. The van der Waals surface area contributed by atoms with Crippen LogP contribution < -0.4 is 5.32 Å². The predicted molar refractivity (Wildman–Crippen MR) is 87.8 cm³/mol. The molecule has 2 aromatic rings. The van der Waals surface area contributed by atoms with E-state index in [1.54, 1.807) is 12.3 Å². The van der Waals surface area contributed by atoms with Gasteiger partial charge in [-0.1, -0.05) is 6.07 Å². The van der Waals surface area contributed by atoms with Crippen molar-refractivity contribution in [3.8, 4) is 0 Å². The number of hydrogen-bond donors (Lipinski definition) is 1. The second-order valence-corrected chi connectivity index (χ2v) is 6.78. The molecule has 22 heavy (non-hydrogen) atoms. The summed E-state index contributed by atoms with van der Waals surface area (Å²) in [6, 6.07) is 7.15. The van der Waals surface area contributed by atoms with E-state index in [1.807, 2.05) is 40.8 Å². The van der Waals surface area contributed by atoms with Crippen LogP contribution >= 0.6 is 22.6 Å². The number of aromatic nitrogens is 1. The third-order valence-electron chi connectivity index (χ3n) is 4.44. The zero-order valence-electron chi connectivity index (χ0n) is 11.3. The first kappa shape index (κ1) is 13.6. The van der Waals surface area contributed by atoms with Crippen LogP contribution in [0.4, 0.5) is 11.5 Å². The average molecular weight is 407 g/mol. The molecule has 1 aromatic heterocycles. The van der Waals surface area contributed by atoms with E-state index >= 15 is 0 Å². The van der Waals surface area contributed by atoms with Crippen molar-refractivity contribution in [2.75, 3.05) is 5.32 Å². The predicted octanol–water partition coefficient (Wildman–Crippen LogP) is 2.58. The molecule has 4 rings (SSSR count). The van der Waals surface area contributed by atoms with Crippen LogP contribution in [0.25, 0.3) is 0 Å². The fraction of sp³-hybridized carbons (Fsp3) is 0.200. The molecule has 1 amide bonds. The summed E-state index contributed by atoms with van der Waals surface area (Å²) >= 11 is 1.97. The number of nitrogens with zero attached hydrogens (tertiary/aromatic N) is 2. The Balaban J connectivity index is 1.85. The van der Waals surface area contributed by atoms with Gasteiger partial charge in [0.2, 0.25) is 5.91 Å². The highest BCUT2D eigenvalue weighted by atomic mass is 127. The molecule has 7 heteroatoms. The van der Waals surface area contributed by atoms with Gasteiger partial charge in [-0.3, -0.25) is 14.9 Å². The van der Waals surface area contributed by atoms with E-state index in [-0.39, 0.29) is 16.5 Å². The van der Waals surface area contributed by atoms with Gasteiger partial charge in [-0.25, -0.2) is 4.98 Å². The number of nitro benzene ring substituents is 1. The van der Waals surface area contributed by atoms with Crippen LogP contribution in [-0.2, 0) is 23.1 Å². The van der Waals surface area contributed by atoms with Crippen LogP contribution in [0.3, 0.4) is 0 Å². The summed E-state index contributed by atoms with van der Waals surface area (Å²) in [5.41, 5.74) is 2.18. The zero-order chi connectivity index (χ0) is 15.5. The average Bonchev–Trinajstić information content (AvgIpc) is 2.97. The number of rotatable bonds is 1. The quantitative estimate of drug-likeness (QED) is 0.448. The molecule has 2 aliphatic rings. The smallest absolute Gasteiger partial charge is 0.282 e. The van der Waals surface area contributed by atoms with Crippen molar-refractivity contribution in [2.45, 2.75) is 18.3 Å². The van der Waals surface area contributed by atoms with Crippen LogP contribution in [0.2, 0.25) is 0 Å². The molecule has 1 aromatic carbocycles. The monoisotopic (exact) mass is 407 g/mol. The molecule has 1 unspecified atom stereocenters. The van der Waals surface area contributed by atoms with Crippen molar-refractivity contribution in [3.63, 3.8) is 0 Å². The molecule has 0 fully saturated rings. The van der Waals surface area contributed by atoms with E-state index in [2.05, 4.69) is 10.3 Å². The number of nitro groups is 1. The number of pyridine rings is 1. The number of hydrogen-bond acceptors (Lipinski definition) is 4. The van der Waals surface area contributed by atoms with Gasteiger partial charge in [0.05, 0.1) is 13.9 Å². The molecular weight excluding hydrogens is 397 g/mol. The highest BCUT2D eigenvalue weighted by Crippen LogP contribution is 2.47. The standard InChI is InChI=1S/C15H10IN3O3/c16-11-4-8-6-15(7-9(8)5-12(11)19(21)22)10-2-1-3-17-13(10)18-14(15)20/h1-5H,6-7H2,(H,17,18,20). The fourth-order valence-electron chi connectivity index (χ4n) is 3.42. The first-order valence-corrected chi connectivity index (χ1v) is 7.82. The second kappa shape index (κ2) is 4.48. The van der Waals surface area contributed by atoms with Gasteiger partial charge in [-0.05, 0) is 58.7 Å². The Bertz CT molecular complexity index is 852. The molecule has 6 nitrogen and oxygen atoms in total. The maximum atomic E-state index is 12.5. The lowest BCUT2D eigenvalue weighted by Gasteiger charge is -2.20.